The lowest BCUT2D eigenvalue weighted by molar-refractivity contribution is 0.478. The van der Waals surface area contributed by atoms with E-state index in [1.807, 2.05) is 4.68 Å². The topological polar surface area (TPSA) is 55.6 Å². The zero-order valence-electron chi connectivity index (χ0n) is 10.3. The maximum atomic E-state index is 4.13. The third-order valence-electron chi connectivity index (χ3n) is 3.27. The van der Waals surface area contributed by atoms with E-state index in [2.05, 4.69) is 41.6 Å². The highest BCUT2D eigenvalue weighted by Gasteiger charge is 2.40. The van der Waals surface area contributed by atoms with Gasteiger partial charge in [-0.2, -0.15) is 0 Å². The molecular weight excluding hydrogens is 202 g/mol. The smallest absolute Gasteiger partial charge is 0.168 e. The van der Waals surface area contributed by atoms with Crippen molar-refractivity contribution in [2.75, 3.05) is 6.54 Å². The van der Waals surface area contributed by atoms with Crippen LogP contribution in [0.3, 0.4) is 0 Å². The third kappa shape index (κ3) is 2.24. The second-order valence-corrected chi connectivity index (χ2v) is 4.61. The maximum Gasteiger partial charge on any atom is 0.168 e. The van der Waals surface area contributed by atoms with Gasteiger partial charge in [-0.15, -0.1) is 5.10 Å². The van der Waals surface area contributed by atoms with Gasteiger partial charge in [0.25, 0.3) is 0 Å². The Morgan fingerprint density at radius 1 is 1.50 bits per heavy atom. The number of tetrazole rings is 1. The van der Waals surface area contributed by atoms with E-state index in [-0.39, 0.29) is 6.04 Å². The van der Waals surface area contributed by atoms with Gasteiger partial charge in [0.15, 0.2) is 5.82 Å². The van der Waals surface area contributed by atoms with Gasteiger partial charge in [-0.1, -0.05) is 20.3 Å². The number of hydrogen-bond donors (Lipinski definition) is 1. The summed E-state index contributed by atoms with van der Waals surface area (Å²) in [7, 11) is 0. The summed E-state index contributed by atoms with van der Waals surface area (Å²) in [5.74, 6) is 1.77. The van der Waals surface area contributed by atoms with Gasteiger partial charge >= 0.3 is 0 Å². The van der Waals surface area contributed by atoms with Gasteiger partial charge in [0.05, 0.1) is 12.1 Å². The molecule has 1 aliphatic rings. The van der Waals surface area contributed by atoms with Crippen LogP contribution >= 0.6 is 0 Å². The number of hydrogen-bond acceptors (Lipinski definition) is 4. The summed E-state index contributed by atoms with van der Waals surface area (Å²) in [4.78, 5) is 0. The van der Waals surface area contributed by atoms with Gasteiger partial charge in [-0.25, -0.2) is 4.68 Å². The Balaban J connectivity index is 2.03. The molecule has 5 nitrogen and oxygen atoms in total. The maximum absolute atomic E-state index is 4.13. The van der Waals surface area contributed by atoms with E-state index < -0.39 is 0 Å². The molecule has 1 fully saturated rings. The van der Waals surface area contributed by atoms with Crippen molar-refractivity contribution in [1.29, 1.82) is 0 Å². The Morgan fingerprint density at radius 3 is 3.00 bits per heavy atom. The minimum atomic E-state index is 0.239. The van der Waals surface area contributed by atoms with Crippen molar-refractivity contribution < 1.29 is 0 Å². The Morgan fingerprint density at radius 2 is 2.31 bits per heavy atom. The molecule has 90 valence electrons. The summed E-state index contributed by atoms with van der Waals surface area (Å²) in [5, 5.41) is 15.4. The lowest BCUT2D eigenvalue weighted by Crippen LogP contribution is -2.22. The van der Waals surface area contributed by atoms with Crippen LogP contribution in [0, 0.1) is 5.92 Å². The normalized spacial score (nSPS) is 25.7. The van der Waals surface area contributed by atoms with Crippen molar-refractivity contribution in [3.63, 3.8) is 0 Å². The Bertz CT molecular complexity index is 335. The van der Waals surface area contributed by atoms with Crippen LogP contribution in [0.1, 0.15) is 57.9 Å². The van der Waals surface area contributed by atoms with Gasteiger partial charge in [0.2, 0.25) is 0 Å². The van der Waals surface area contributed by atoms with E-state index >= 15 is 0 Å². The predicted octanol–water partition coefficient (Wildman–Crippen LogP) is 1.70. The Hall–Kier alpha value is -0.970. The van der Waals surface area contributed by atoms with Gasteiger partial charge < -0.3 is 5.32 Å². The average molecular weight is 223 g/mol. The van der Waals surface area contributed by atoms with Crippen LogP contribution in [-0.2, 0) is 0 Å². The molecule has 2 rings (SSSR count). The Kier molecular flexibility index (Phi) is 3.53. The highest BCUT2D eigenvalue weighted by atomic mass is 15.6. The second kappa shape index (κ2) is 4.91. The highest BCUT2D eigenvalue weighted by Crippen LogP contribution is 2.46. The minimum Gasteiger partial charge on any atom is -0.308 e. The van der Waals surface area contributed by atoms with E-state index in [0.717, 1.165) is 18.3 Å². The van der Waals surface area contributed by atoms with Crippen LogP contribution in [0.5, 0.6) is 0 Å². The van der Waals surface area contributed by atoms with Crippen molar-refractivity contribution in [2.45, 2.75) is 52.1 Å². The van der Waals surface area contributed by atoms with Gasteiger partial charge in [0.1, 0.15) is 0 Å². The fraction of sp³-hybridized carbons (Fsp3) is 0.909. The average Bonchev–Trinajstić information content (AvgIpc) is 2.86. The molecule has 0 saturated heterocycles. The summed E-state index contributed by atoms with van der Waals surface area (Å²) in [6, 6.07) is 0.786. The lowest BCUT2D eigenvalue weighted by Gasteiger charge is -2.11. The van der Waals surface area contributed by atoms with Crippen LogP contribution in [0.15, 0.2) is 0 Å². The first kappa shape index (κ1) is 11.5. The van der Waals surface area contributed by atoms with Crippen LogP contribution in [0.4, 0.5) is 0 Å². The number of nitrogens with one attached hydrogen (secondary N) is 1. The monoisotopic (exact) mass is 223 g/mol. The summed E-state index contributed by atoms with van der Waals surface area (Å²) in [6.45, 7) is 7.39. The first-order chi connectivity index (χ1) is 7.77. The third-order valence-corrected chi connectivity index (χ3v) is 3.27. The van der Waals surface area contributed by atoms with E-state index in [1.165, 1.54) is 19.3 Å². The first-order valence-corrected chi connectivity index (χ1v) is 6.29. The molecular formula is C11H21N5. The molecule has 0 aromatic carbocycles. The van der Waals surface area contributed by atoms with Crippen LogP contribution in [0.2, 0.25) is 0 Å². The zero-order chi connectivity index (χ0) is 11.5. The number of aromatic nitrogens is 4. The van der Waals surface area contributed by atoms with Crippen LogP contribution in [-0.4, -0.2) is 26.8 Å². The molecule has 5 heteroatoms. The quantitative estimate of drug-likeness (QED) is 0.797. The van der Waals surface area contributed by atoms with Crippen molar-refractivity contribution >= 4 is 0 Å². The fourth-order valence-corrected chi connectivity index (χ4v) is 2.33. The molecule has 1 saturated carbocycles. The molecule has 3 unspecified atom stereocenters. The molecule has 0 aliphatic heterocycles. The second-order valence-electron chi connectivity index (χ2n) is 4.61. The van der Waals surface area contributed by atoms with Gasteiger partial charge in [0, 0.05) is 0 Å². The van der Waals surface area contributed by atoms with Crippen LogP contribution in [0.25, 0.3) is 0 Å². The molecule has 16 heavy (non-hydrogen) atoms. The summed E-state index contributed by atoms with van der Waals surface area (Å²) < 4.78 is 2.02. The SMILES string of the molecule is CCCC1CC1n1nnnc1C(C)NCC. The van der Waals surface area contributed by atoms with E-state index in [9.17, 15) is 0 Å². The molecule has 0 radical (unpaired) electrons. The predicted molar refractivity (Wildman–Crippen MR) is 62.0 cm³/mol. The molecule has 0 spiro atoms. The molecule has 0 bridgehead atoms. The highest BCUT2D eigenvalue weighted by molar-refractivity contribution is 4.99. The first-order valence-electron chi connectivity index (χ1n) is 6.29. The molecule has 3 atom stereocenters. The summed E-state index contributed by atoms with van der Waals surface area (Å²) >= 11 is 0. The van der Waals surface area contributed by atoms with E-state index in [0.29, 0.717) is 6.04 Å². The van der Waals surface area contributed by atoms with E-state index in [4.69, 9.17) is 0 Å². The van der Waals surface area contributed by atoms with Crippen molar-refractivity contribution in [3.8, 4) is 0 Å². The van der Waals surface area contributed by atoms with Gasteiger partial charge in [-0.3, -0.25) is 0 Å². The lowest BCUT2D eigenvalue weighted by atomic mass is 10.2. The number of nitrogens with zero attached hydrogens (tertiary/aromatic N) is 4. The minimum absolute atomic E-state index is 0.239. The largest absolute Gasteiger partial charge is 0.308 e. The summed E-state index contributed by atoms with van der Waals surface area (Å²) in [5.41, 5.74) is 0. The molecule has 1 aliphatic carbocycles. The van der Waals surface area contributed by atoms with Crippen molar-refractivity contribution in [1.82, 2.24) is 25.5 Å². The molecule has 0 amide bonds. The molecule has 1 heterocycles. The van der Waals surface area contributed by atoms with Crippen molar-refractivity contribution in [3.05, 3.63) is 5.82 Å². The zero-order valence-corrected chi connectivity index (χ0v) is 10.3. The fourth-order valence-electron chi connectivity index (χ4n) is 2.33. The molecule has 1 aromatic rings. The van der Waals surface area contributed by atoms with Gasteiger partial charge in [-0.05, 0) is 42.7 Å². The molecule has 1 N–H and O–H groups in total. The van der Waals surface area contributed by atoms with Crippen LogP contribution < -0.4 is 5.32 Å². The Labute approximate surface area is 96.6 Å². The standard InChI is InChI=1S/C11H21N5/c1-4-6-9-7-10(9)16-11(13-14-15-16)8(3)12-5-2/h8-10,12H,4-7H2,1-3H3. The molecule has 1 aromatic heterocycles. The van der Waals surface area contributed by atoms with E-state index in [1.54, 1.807) is 0 Å². The summed E-state index contributed by atoms with van der Waals surface area (Å²) in [6.07, 6.45) is 3.78. The van der Waals surface area contributed by atoms with Crippen molar-refractivity contribution in [2.24, 2.45) is 5.92 Å². The number of rotatable bonds is 6.